The molecule has 3 amide bonds. The van der Waals surface area contributed by atoms with Crippen molar-refractivity contribution in [3.8, 4) is 5.69 Å². The minimum Gasteiger partial charge on any atom is -0.338 e. The molecule has 32 heavy (non-hydrogen) atoms. The van der Waals surface area contributed by atoms with Gasteiger partial charge in [-0.1, -0.05) is 47.6 Å². The summed E-state index contributed by atoms with van der Waals surface area (Å²) in [6, 6.07) is 15.0. The third-order valence-corrected chi connectivity index (χ3v) is 6.74. The summed E-state index contributed by atoms with van der Waals surface area (Å²) in [6.07, 6.45) is 3.59. The van der Waals surface area contributed by atoms with Gasteiger partial charge in [0.05, 0.1) is 11.4 Å². The molecule has 1 aliphatic rings. The molecule has 0 bridgehead atoms. The zero-order valence-corrected chi connectivity index (χ0v) is 19.3. The normalized spacial score (nSPS) is 13.8. The summed E-state index contributed by atoms with van der Waals surface area (Å²) >= 11 is 7.66. The summed E-state index contributed by atoms with van der Waals surface area (Å²) in [7, 11) is 0. The minimum atomic E-state index is -0.142. The predicted molar refractivity (Wildman–Crippen MR) is 128 cm³/mol. The van der Waals surface area contributed by atoms with Gasteiger partial charge < -0.3 is 15.1 Å². The Morgan fingerprint density at radius 2 is 1.75 bits per heavy atom. The molecule has 0 spiro atoms. The van der Waals surface area contributed by atoms with E-state index in [4.69, 9.17) is 11.6 Å². The molecule has 0 atom stereocenters. The van der Waals surface area contributed by atoms with Crippen molar-refractivity contribution in [1.29, 1.82) is 0 Å². The van der Waals surface area contributed by atoms with Gasteiger partial charge in [-0.3, -0.25) is 9.36 Å². The summed E-state index contributed by atoms with van der Waals surface area (Å²) in [4.78, 5) is 33.1. The highest BCUT2D eigenvalue weighted by molar-refractivity contribution is 7.99. The van der Waals surface area contributed by atoms with Crippen LogP contribution in [0.2, 0.25) is 5.02 Å². The number of imidazole rings is 1. The average Bonchev–Trinajstić information content (AvgIpc) is 3.28. The zero-order chi connectivity index (χ0) is 22.5. The van der Waals surface area contributed by atoms with Crippen LogP contribution in [-0.2, 0) is 4.79 Å². The van der Waals surface area contributed by atoms with Gasteiger partial charge in [0.15, 0.2) is 5.16 Å². The summed E-state index contributed by atoms with van der Waals surface area (Å²) < 4.78 is 1.95. The molecule has 9 heteroatoms. The SMILES string of the molecule is Cc1c(Cl)cccc1-n1ccnc1SCC(=O)N1CCN(C(=O)Nc2ccccc2)CC1. The number of piperazine rings is 1. The van der Waals surface area contributed by atoms with Gasteiger partial charge in [-0.25, -0.2) is 9.78 Å². The van der Waals surface area contributed by atoms with E-state index in [1.807, 2.05) is 66.2 Å². The molecule has 1 saturated heterocycles. The molecular weight excluding hydrogens is 446 g/mol. The van der Waals surface area contributed by atoms with Gasteiger partial charge in [0, 0.05) is 49.3 Å². The van der Waals surface area contributed by atoms with Crippen LogP contribution in [0.25, 0.3) is 5.69 Å². The van der Waals surface area contributed by atoms with E-state index in [2.05, 4.69) is 10.3 Å². The Labute approximate surface area is 196 Å². The van der Waals surface area contributed by atoms with Crippen LogP contribution in [0.4, 0.5) is 10.5 Å². The fourth-order valence-electron chi connectivity index (χ4n) is 3.54. The standard InChI is InChI=1S/C23H24ClN5O2S/c1-17-19(24)8-5-9-20(17)29-11-10-25-23(29)32-16-21(30)27-12-14-28(15-13-27)22(31)26-18-6-3-2-4-7-18/h2-11H,12-16H2,1H3,(H,26,31). The highest BCUT2D eigenvalue weighted by atomic mass is 35.5. The summed E-state index contributed by atoms with van der Waals surface area (Å²) in [5.74, 6) is 0.322. The molecule has 2 aromatic carbocycles. The van der Waals surface area contributed by atoms with Gasteiger partial charge in [0.25, 0.3) is 0 Å². The van der Waals surface area contributed by atoms with Crippen molar-refractivity contribution in [2.75, 3.05) is 37.2 Å². The highest BCUT2D eigenvalue weighted by Crippen LogP contribution is 2.26. The average molecular weight is 470 g/mol. The van der Waals surface area contributed by atoms with Crippen molar-refractivity contribution in [3.05, 3.63) is 71.5 Å². The number of nitrogens with zero attached hydrogens (tertiary/aromatic N) is 4. The van der Waals surface area contributed by atoms with E-state index in [9.17, 15) is 9.59 Å². The van der Waals surface area contributed by atoms with Crippen LogP contribution in [0.1, 0.15) is 5.56 Å². The summed E-state index contributed by atoms with van der Waals surface area (Å²) in [5, 5.41) is 4.32. The lowest BCUT2D eigenvalue weighted by molar-refractivity contribution is -0.129. The lowest BCUT2D eigenvalue weighted by Crippen LogP contribution is -2.52. The second-order valence-corrected chi connectivity index (χ2v) is 8.77. The molecule has 0 aliphatic carbocycles. The third kappa shape index (κ3) is 5.08. The number of anilines is 1. The Morgan fingerprint density at radius 3 is 2.50 bits per heavy atom. The molecule has 0 radical (unpaired) electrons. The molecule has 0 unspecified atom stereocenters. The van der Waals surface area contributed by atoms with Crippen LogP contribution < -0.4 is 5.32 Å². The van der Waals surface area contributed by atoms with Crippen LogP contribution in [0.5, 0.6) is 0 Å². The molecule has 1 aromatic heterocycles. The highest BCUT2D eigenvalue weighted by Gasteiger charge is 2.24. The molecule has 1 N–H and O–H groups in total. The number of hydrogen-bond acceptors (Lipinski definition) is 4. The van der Waals surface area contributed by atoms with Gasteiger partial charge in [-0.2, -0.15) is 0 Å². The van der Waals surface area contributed by atoms with Crippen molar-refractivity contribution in [2.24, 2.45) is 0 Å². The number of carbonyl (C=O) groups is 2. The van der Waals surface area contributed by atoms with Crippen molar-refractivity contribution >= 4 is 41.0 Å². The smallest absolute Gasteiger partial charge is 0.321 e. The van der Waals surface area contributed by atoms with Crippen molar-refractivity contribution < 1.29 is 9.59 Å². The number of amides is 3. The molecule has 1 fully saturated rings. The number of nitrogens with one attached hydrogen (secondary N) is 1. The Bertz CT molecular complexity index is 1100. The van der Waals surface area contributed by atoms with E-state index in [1.165, 1.54) is 11.8 Å². The second-order valence-electron chi connectivity index (χ2n) is 7.42. The van der Waals surface area contributed by atoms with Crippen molar-refractivity contribution in [2.45, 2.75) is 12.1 Å². The first-order chi connectivity index (χ1) is 15.5. The molecule has 2 heterocycles. The molecule has 7 nitrogen and oxygen atoms in total. The van der Waals surface area contributed by atoms with Gasteiger partial charge in [0.2, 0.25) is 5.91 Å². The van der Waals surface area contributed by atoms with Gasteiger partial charge >= 0.3 is 6.03 Å². The first-order valence-corrected chi connectivity index (χ1v) is 11.7. The number of hydrogen-bond donors (Lipinski definition) is 1. The van der Waals surface area contributed by atoms with Crippen molar-refractivity contribution in [1.82, 2.24) is 19.4 Å². The number of halogens is 1. The Hall–Kier alpha value is -2.97. The van der Waals surface area contributed by atoms with Gasteiger partial charge in [0.1, 0.15) is 0 Å². The largest absolute Gasteiger partial charge is 0.338 e. The topological polar surface area (TPSA) is 70.5 Å². The van der Waals surface area contributed by atoms with E-state index in [0.29, 0.717) is 31.2 Å². The number of rotatable bonds is 5. The van der Waals surface area contributed by atoms with E-state index in [-0.39, 0.29) is 17.7 Å². The maximum Gasteiger partial charge on any atom is 0.321 e. The molecular formula is C23H24ClN5O2S. The van der Waals surface area contributed by atoms with Crippen LogP contribution in [0, 0.1) is 6.92 Å². The first kappa shape index (κ1) is 22.2. The van der Waals surface area contributed by atoms with E-state index < -0.39 is 0 Å². The summed E-state index contributed by atoms with van der Waals surface area (Å²) in [6.45, 7) is 4.01. The van der Waals surface area contributed by atoms with Crippen LogP contribution in [0.3, 0.4) is 0 Å². The van der Waals surface area contributed by atoms with E-state index in [0.717, 1.165) is 22.1 Å². The predicted octanol–water partition coefficient (Wildman–Crippen LogP) is 4.30. The Morgan fingerprint density at radius 1 is 1.03 bits per heavy atom. The van der Waals surface area contributed by atoms with Crippen LogP contribution in [-0.4, -0.2) is 63.2 Å². The van der Waals surface area contributed by atoms with Crippen LogP contribution >= 0.6 is 23.4 Å². The van der Waals surface area contributed by atoms with E-state index >= 15 is 0 Å². The Kier molecular flexibility index (Phi) is 7.02. The van der Waals surface area contributed by atoms with Crippen LogP contribution in [0.15, 0.2) is 66.1 Å². The zero-order valence-electron chi connectivity index (χ0n) is 17.7. The molecule has 1 aliphatic heterocycles. The molecule has 4 rings (SSSR count). The number of urea groups is 1. The van der Waals surface area contributed by atoms with E-state index in [1.54, 1.807) is 16.0 Å². The van der Waals surface area contributed by atoms with Crippen molar-refractivity contribution in [3.63, 3.8) is 0 Å². The fraction of sp³-hybridized carbons (Fsp3) is 0.261. The fourth-order valence-corrected chi connectivity index (χ4v) is 4.58. The maximum absolute atomic E-state index is 12.8. The number of para-hydroxylation sites is 1. The minimum absolute atomic E-state index is 0.0375. The summed E-state index contributed by atoms with van der Waals surface area (Å²) in [5.41, 5.74) is 2.67. The molecule has 3 aromatic rings. The number of thioether (sulfide) groups is 1. The second kappa shape index (κ2) is 10.1. The monoisotopic (exact) mass is 469 g/mol. The lowest BCUT2D eigenvalue weighted by Gasteiger charge is -2.34. The maximum atomic E-state index is 12.8. The first-order valence-electron chi connectivity index (χ1n) is 10.3. The third-order valence-electron chi connectivity index (χ3n) is 5.37. The lowest BCUT2D eigenvalue weighted by atomic mass is 10.2. The van der Waals surface area contributed by atoms with Gasteiger partial charge in [-0.05, 0) is 36.8 Å². The Balaban J connectivity index is 1.30. The number of carbonyl (C=O) groups excluding carboxylic acids is 2. The molecule has 166 valence electrons. The number of aromatic nitrogens is 2. The van der Waals surface area contributed by atoms with Gasteiger partial charge in [-0.15, -0.1) is 0 Å². The number of benzene rings is 2. The quantitative estimate of drug-likeness (QED) is 0.565. The molecule has 0 saturated carbocycles.